The fourth-order valence-electron chi connectivity index (χ4n) is 3.36. The summed E-state index contributed by atoms with van der Waals surface area (Å²) in [5, 5.41) is 8.84. The zero-order valence-corrected chi connectivity index (χ0v) is 14.5. The van der Waals surface area contributed by atoms with Crippen LogP contribution in [-0.4, -0.2) is 35.1 Å². The minimum absolute atomic E-state index is 0.282. The molecule has 1 fully saturated rings. The van der Waals surface area contributed by atoms with E-state index in [1.54, 1.807) is 0 Å². The number of rotatable bonds is 7. The quantitative estimate of drug-likeness (QED) is 0.722. The average Bonchev–Trinajstić information content (AvgIpc) is 2.42. The number of hydrogen-bond donors (Lipinski definition) is 1. The van der Waals surface area contributed by atoms with Gasteiger partial charge < -0.3 is 10.0 Å². The van der Waals surface area contributed by atoms with Gasteiger partial charge in [-0.05, 0) is 31.6 Å². The number of aliphatic hydroxyl groups is 1. The Bertz CT molecular complexity index is 309. The van der Waals surface area contributed by atoms with E-state index in [4.69, 9.17) is 5.11 Å². The minimum Gasteiger partial charge on any atom is -0.396 e. The van der Waals surface area contributed by atoms with Gasteiger partial charge in [0.15, 0.2) is 0 Å². The van der Waals surface area contributed by atoms with Crippen LogP contribution in [0.4, 0.5) is 0 Å². The van der Waals surface area contributed by atoms with Crippen LogP contribution in [0, 0.1) is 11.3 Å². The second kappa shape index (κ2) is 8.77. The first-order valence-corrected chi connectivity index (χ1v) is 8.80. The predicted octanol–water partition coefficient (Wildman–Crippen LogP) is 3.99. The number of hydrogen-bond acceptors (Lipinski definition) is 2. The van der Waals surface area contributed by atoms with Crippen LogP contribution in [-0.2, 0) is 4.79 Å². The SMILES string of the molecule is CC1CCCCC1N(CCCCCCO)C(=O)C(C)(C)C. The van der Waals surface area contributed by atoms with Gasteiger partial charge in [0.25, 0.3) is 0 Å². The molecule has 0 saturated heterocycles. The average molecular weight is 297 g/mol. The Hall–Kier alpha value is -0.570. The third kappa shape index (κ3) is 5.98. The van der Waals surface area contributed by atoms with Gasteiger partial charge in [-0.15, -0.1) is 0 Å². The Balaban J connectivity index is 2.63. The lowest BCUT2D eigenvalue weighted by Gasteiger charge is -2.41. The molecule has 1 saturated carbocycles. The van der Waals surface area contributed by atoms with Crippen molar-refractivity contribution in [2.24, 2.45) is 11.3 Å². The lowest BCUT2D eigenvalue weighted by Crippen LogP contribution is -2.49. The summed E-state index contributed by atoms with van der Waals surface area (Å²) in [6.45, 7) is 9.56. The molecule has 3 nitrogen and oxygen atoms in total. The molecule has 0 spiro atoms. The standard InChI is InChI=1S/C18H35NO2/c1-15-11-7-8-12-16(15)19(17(21)18(2,3)4)13-9-5-6-10-14-20/h15-16,20H,5-14H2,1-4H3. The van der Waals surface area contributed by atoms with Gasteiger partial charge in [0.1, 0.15) is 0 Å². The molecular formula is C18H35NO2. The van der Waals surface area contributed by atoms with Crippen LogP contribution in [0.25, 0.3) is 0 Å². The van der Waals surface area contributed by atoms with Crippen LogP contribution in [0.3, 0.4) is 0 Å². The van der Waals surface area contributed by atoms with Crippen molar-refractivity contribution in [1.29, 1.82) is 0 Å². The lowest BCUT2D eigenvalue weighted by atomic mass is 9.83. The molecule has 1 aliphatic carbocycles. The highest BCUT2D eigenvalue weighted by Gasteiger charge is 2.35. The molecule has 1 aliphatic rings. The zero-order valence-electron chi connectivity index (χ0n) is 14.5. The molecule has 2 unspecified atom stereocenters. The summed E-state index contributed by atoms with van der Waals surface area (Å²) in [6.07, 6.45) is 9.10. The third-order valence-electron chi connectivity index (χ3n) is 4.68. The third-order valence-corrected chi connectivity index (χ3v) is 4.68. The molecule has 0 aliphatic heterocycles. The van der Waals surface area contributed by atoms with E-state index < -0.39 is 0 Å². The monoisotopic (exact) mass is 297 g/mol. The van der Waals surface area contributed by atoms with Gasteiger partial charge in [0.2, 0.25) is 5.91 Å². The molecule has 1 N–H and O–H groups in total. The maximum Gasteiger partial charge on any atom is 0.228 e. The molecule has 0 aromatic carbocycles. The van der Waals surface area contributed by atoms with Gasteiger partial charge in [0.05, 0.1) is 0 Å². The van der Waals surface area contributed by atoms with E-state index in [-0.39, 0.29) is 12.0 Å². The molecule has 0 bridgehead atoms. The van der Waals surface area contributed by atoms with Gasteiger partial charge >= 0.3 is 0 Å². The van der Waals surface area contributed by atoms with Crippen LogP contribution in [0.1, 0.15) is 79.1 Å². The van der Waals surface area contributed by atoms with E-state index in [1.165, 1.54) is 25.7 Å². The maximum atomic E-state index is 12.8. The van der Waals surface area contributed by atoms with Crippen LogP contribution < -0.4 is 0 Å². The first kappa shape index (κ1) is 18.5. The van der Waals surface area contributed by atoms with Crippen molar-refractivity contribution in [1.82, 2.24) is 4.90 Å². The second-order valence-electron chi connectivity index (χ2n) is 7.72. The van der Waals surface area contributed by atoms with E-state index in [1.807, 2.05) is 20.8 Å². The highest BCUT2D eigenvalue weighted by atomic mass is 16.2. The van der Waals surface area contributed by atoms with Crippen molar-refractivity contribution < 1.29 is 9.90 Å². The van der Waals surface area contributed by atoms with Gasteiger partial charge in [-0.3, -0.25) is 4.79 Å². The largest absolute Gasteiger partial charge is 0.396 e. The van der Waals surface area contributed by atoms with Gasteiger partial charge in [-0.25, -0.2) is 0 Å². The predicted molar refractivity (Wildman–Crippen MR) is 88.1 cm³/mol. The molecular weight excluding hydrogens is 262 g/mol. The lowest BCUT2D eigenvalue weighted by molar-refractivity contribution is -0.144. The van der Waals surface area contributed by atoms with E-state index in [2.05, 4.69) is 11.8 Å². The Labute approximate surface area is 131 Å². The number of amides is 1. The van der Waals surface area contributed by atoms with Crippen molar-refractivity contribution in [3.8, 4) is 0 Å². The summed E-state index contributed by atoms with van der Waals surface area (Å²) in [4.78, 5) is 15.0. The molecule has 1 rings (SSSR count). The molecule has 0 aromatic rings. The van der Waals surface area contributed by atoms with Crippen LogP contribution >= 0.6 is 0 Å². The molecule has 0 radical (unpaired) electrons. The van der Waals surface area contributed by atoms with Gasteiger partial charge in [-0.2, -0.15) is 0 Å². The Kier molecular flexibility index (Phi) is 7.72. The summed E-state index contributed by atoms with van der Waals surface area (Å²) in [6, 6.07) is 0.434. The number of unbranched alkanes of at least 4 members (excludes halogenated alkanes) is 3. The van der Waals surface area contributed by atoms with Crippen LogP contribution in [0.15, 0.2) is 0 Å². The van der Waals surface area contributed by atoms with E-state index >= 15 is 0 Å². The molecule has 3 heteroatoms. The Morgan fingerprint density at radius 2 is 1.71 bits per heavy atom. The van der Waals surface area contributed by atoms with Crippen molar-refractivity contribution in [2.75, 3.05) is 13.2 Å². The van der Waals surface area contributed by atoms with Crippen molar-refractivity contribution in [2.45, 2.75) is 85.1 Å². The fourth-order valence-corrected chi connectivity index (χ4v) is 3.36. The summed E-state index contributed by atoms with van der Waals surface area (Å²) >= 11 is 0. The van der Waals surface area contributed by atoms with E-state index in [0.717, 1.165) is 32.2 Å². The normalized spacial score (nSPS) is 23.1. The van der Waals surface area contributed by atoms with Gasteiger partial charge in [-0.1, -0.05) is 53.4 Å². The highest BCUT2D eigenvalue weighted by molar-refractivity contribution is 5.81. The molecule has 0 aromatic heterocycles. The molecule has 2 atom stereocenters. The van der Waals surface area contributed by atoms with E-state index in [0.29, 0.717) is 17.9 Å². The number of nitrogens with zero attached hydrogens (tertiary/aromatic N) is 1. The molecule has 0 heterocycles. The van der Waals surface area contributed by atoms with Crippen molar-refractivity contribution in [3.05, 3.63) is 0 Å². The number of carbonyl (C=O) groups is 1. The van der Waals surface area contributed by atoms with E-state index in [9.17, 15) is 4.79 Å². The maximum absolute atomic E-state index is 12.8. The minimum atomic E-state index is -0.289. The Morgan fingerprint density at radius 3 is 2.29 bits per heavy atom. The van der Waals surface area contributed by atoms with Crippen LogP contribution in [0.5, 0.6) is 0 Å². The summed E-state index contributed by atoms with van der Waals surface area (Å²) in [5.41, 5.74) is -0.289. The Morgan fingerprint density at radius 1 is 1.10 bits per heavy atom. The molecule has 1 amide bonds. The van der Waals surface area contributed by atoms with Crippen LogP contribution in [0.2, 0.25) is 0 Å². The zero-order chi connectivity index (χ0) is 15.9. The molecule has 124 valence electrons. The van der Waals surface area contributed by atoms with Crippen molar-refractivity contribution in [3.63, 3.8) is 0 Å². The summed E-state index contributed by atoms with van der Waals surface area (Å²) in [7, 11) is 0. The number of carbonyl (C=O) groups excluding carboxylic acids is 1. The fraction of sp³-hybridized carbons (Fsp3) is 0.944. The summed E-state index contributed by atoms with van der Waals surface area (Å²) < 4.78 is 0. The first-order valence-electron chi connectivity index (χ1n) is 8.80. The highest BCUT2D eigenvalue weighted by Crippen LogP contribution is 2.31. The van der Waals surface area contributed by atoms with Gasteiger partial charge in [0, 0.05) is 24.6 Å². The smallest absolute Gasteiger partial charge is 0.228 e. The molecule has 21 heavy (non-hydrogen) atoms. The summed E-state index contributed by atoms with van der Waals surface area (Å²) in [5.74, 6) is 0.936. The second-order valence-corrected chi connectivity index (χ2v) is 7.72. The first-order chi connectivity index (χ1) is 9.88. The topological polar surface area (TPSA) is 40.5 Å². The van der Waals surface area contributed by atoms with Crippen molar-refractivity contribution >= 4 is 5.91 Å². The number of aliphatic hydroxyl groups excluding tert-OH is 1.